The molecule has 1 aromatic heterocycles. The van der Waals surface area contributed by atoms with E-state index < -0.39 is 0 Å². The number of aliphatic hydroxyl groups excluding tert-OH is 1. The number of para-hydroxylation sites is 1. The topological polar surface area (TPSA) is 72.6 Å². The summed E-state index contributed by atoms with van der Waals surface area (Å²) in [5, 5.41) is 17.2. The summed E-state index contributed by atoms with van der Waals surface area (Å²) in [5.74, 6) is 0.843. The van der Waals surface area contributed by atoms with Crippen molar-refractivity contribution in [1.82, 2.24) is 19.9 Å². The van der Waals surface area contributed by atoms with E-state index in [0.29, 0.717) is 13.2 Å². The molecule has 2 aliphatic rings. The highest BCUT2D eigenvalue weighted by Gasteiger charge is 2.36. The van der Waals surface area contributed by atoms with Crippen LogP contribution in [-0.2, 0) is 17.9 Å². The summed E-state index contributed by atoms with van der Waals surface area (Å²) in [6, 6.07) is 8.23. The molecule has 2 aliphatic heterocycles. The molecule has 1 saturated heterocycles. The molecule has 7 heteroatoms. The Balaban J connectivity index is 1.48. The second kappa shape index (κ2) is 6.88. The molecular formula is C17H22N4O3. The van der Waals surface area contributed by atoms with E-state index in [1.54, 1.807) is 6.20 Å². The highest BCUT2D eigenvalue weighted by atomic mass is 16.5. The van der Waals surface area contributed by atoms with Crippen LogP contribution in [0.25, 0.3) is 0 Å². The van der Waals surface area contributed by atoms with Crippen LogP contribution >= 0.6 is 0 Å². The van der Waals surface area contributed by atoms with Crippen molar-refractivity contribution < 1.29 is 14.6 Å². The molecule has 0 bridgehead atoms. The van der Waals surface area contributed by atoms with Gasteiger partial charge in [0, 0.05) is 25.2 Å². The number of ether oxygens (including phenoxy) is 2. The van der Waals surface area contributed by atoms with Gasteiger partial charge in [0.25, 0.3) is 0 Å². The van der Waals surface area contributed by atoms with Gasteiger partial charge < -0.3 is 14.6 Å². The fourth-order valence-electron chi connectivity index (χ4n) is 3.56. The number of piperidine rings is 1. The minimum atomic E-state index is 0.0220. The zero-order chi connectivity index (χ0) is 16.4. The molecule has 1 N–H and O–H groups in total. The van der Waals surface area contributed by atoms with E-state index in [1.165, 1.54) is 0 Å². The third-order valence-electron chi connectivity index (χ3n) is 4.73. The van der Waals surface area contributed by atoms with Gasteiger partial charge in [0.15, 0.2) is 0 Å². The maximum Gasteiger partial charge on any atom is 0.123 e. The zero-order valence-electron chi connectivity index (χ0n) is 13.5. The standard InChI is InChI=1S/C17H22N4O3/c22-7-8-23-16-4-2-1-3-13(16)10-20-6-5-17-15(11-20)21-14(12-24-17)9-18-19-21/h1-4,9,15,17,22H,5-8,10-12H2/t15-,17-/m1/s1. The zero-order valence-corrected chi connectivity index (χ0v) is 13.5. The Morgan fingerprint density at radius 2 is 2.25 bits per heavy atom. The highest BCUT2D eigenvalue weighted by Crippen LogP contribution is 2.31. The molecule has 0 spiro atoms. The summed E-state index contributed by atoms with van der Waals surface area (Å²) in [7, 11) is 0. The lowest BCUT2D eigenvalue weighted by molar-refractivity contribution is -0.0670. The van der Waals surface area contributed by atoms with Crippen LogP contribution in [0.4, 0.5) is 0 Å². The molecule has 1 aromatic carbocycles. The number of aliphatic hydroxyl groups is 1. The molecule has 2 aromatic rings. The first-order valence-corrected chi connectivity index (χ1v) is 8.40. The lowest BCUT2D eigenvalue weighted by atomic mass is 9.99. The van der Waals surface area contributed by atoms with Crippen molar-refractivity contribution in [1.29, 1.82) is 0 Å². The van der Waals surface area contributed by atoms with Gasteiger partial charge in [-0.25, -0.2) is 4.68 Å². The SMILES string of the molecule is OCCOc1ccccc1CN1CC[C@H]2OCc3cnnn3[C@@H]2C1. The summed E-state index contributed by atoms with van der Waals surface area (Å²) < 4.78 is 13.6. The van der Waals surface area contributed by atoms with E-state index in [1.807, 2.05) is 22.9 Å². The van der Waals surface area contributed by atoms with E-state index in [4.69, 9.17) is 14.6 Å². The van der Waals surface area contributed by atoms with Crippen LogP contribution in [0.2, 0.25) is 0 Å². The molecule has 2 atom stereocenters. The fourth-order valence-corrected chi connectivity index (χ4v) is 3.56. The summed E-state index contributed by atoms with van der Waals surface area (Å²) >= 11 is 0. The van der Waals surface area contributed by atoms with Crippen LogP contribution in [0.15, 0.2) is 30.5 Å². The van der Waals surface area contributed by atoms with E-state index in [-0.39, 0.29) is 18.8 Å². The first-order valence-electron chi connectivity index (χ1n) is 8.40. The normalized spacial score (nSPS) is 23.5. The Bertz CT molecular complexity index is 690. The number of aromatic nitrogens is 3. The van der Waals surface area contributed by atoms with Crippen molar-refractivity contribution >= 4 is 0 Å². The molecule has 24 heavy (non-hydrogen) atoms. The van der Waals surface area contributed by atoms with Crippen LogP contribution in [-0.4, -0.2) is 57.4 Å². The first kappa shape index (κ1) is 15.6. The predicted octanol–water partition coefficient (Wildman–Crippen LogP) is 0.995. The number of nitrogens with zero attached hydrogens (tertiary/aromatic N) is 4. The third-order valence-corrected chi connectivity index (χ3v) is 4.73. The van der Waals surface area contributed by atoms with Crippen molar-refractivity contribution in [2.45, 2.75) is 31.7 Å². The van der Waals surface area contributed by atoms with Gasteiger partial charge in [-0.1, -0.05) is 23.4 Å². The largest absolute Gasteiger partial charge is 0.491 e. The molecule has 4 rings (SSSR count). The molecule has 3 heterocycles. The molecular weight excluding hydrogens is 308 g/mol. The fraction of sp³-hybridized carbons (Fsp3) is 0.529. The van der Waals surface area contributed by atoms with Crippen molar-refractivity contribution in [2.75, 3.05) is 26.3 Å². The van der Waals surface area contributed by atoms with Crippen molar-refractivity contribution in [3.8, 4) is 5.75 Å². The van der Waals surface area contributed by atoms with Gasteiger partial charge in [0.2, 0.25) is 0 Å². The quantitative estimate of drug-likeness (QED) is 0.882. The predicted molar refractivity (Wildman–Crippen MR) is 86.6 cm³/mol. The lowest BCUT2D eigenvalue weighted by Gasteiger charge is -2.41. The second-order valence-corrected chi connectivity index (χ2v) is 6.29. The second-order valence-electron chi connectivity index (χ2n) is 6.29. The average Bonchev–Trinajstić information content (AvgIpc) is 3.10. The van der Waals surface area contributed by atoms with Crippen molar-refractivity contribution in [3.63, 3.8) is 0 Å². The van der Waals surface area contributed by atoms with Gasteiger partial charge in [-0.2, -0.15) is 0 Å². The van der Waals surface area contributed by atoms with Gasteiger partial charge in [0.05, 0.1) is 37.3 Å². The molecule has 1 fully saturated rings. The van der Waals surface area contributed by atoms with Gasteiger partial charge in [-0.05, 0) is 12.5 Å². The number of rotatable bonds is 5. The van der Waals surface area contributed by atoms with Crippen LogP contribution in [0.5, 0.6) is 5.75 Å². The maximum atomic E-state index is 8.98. The number of benzene rings is 1. The highest BCUT2D eigenvalue weighted by molar-refractivity contribution is 5.33. The summed E-state index contributed by atoms with van der Waals surface area (Å²) in [6.07, 6.45) is 2.99. The summed E-state index contributed by atoms with van der Waals surface area (Å²) in [4.78, 5) is 2.41. The van der Waals surface area contributed by atoms with E-state index in [9.17, 15) is 0 Å². The monoisotopic (exact) mass is 330 g/mol. The molecule has 7 nitrogen and oxygen atoms in total. The number of likely N-dealkylation sites (tertiary alicyclic amines) is 1. The van der Waals surface area contributed by atoms with Crippen LogP contribution in [0.3, 0.4) is 0 Å². The van der Waals surface area contributed by atoms with Crippen LogP contribution in [0.1, 0.15) is 23.7 Å². The minimum absolute atomic E-state index is 0.0220. The van der Waals surface area contributed by atoms with Crippen LogP contribution in [0, 0.1) is 0 Å². The van der Waals surface area contributed by atoms with Gasteiger partial charge in [-0.3, -0.25) is 4.90 Å². The lowest BCUT2D eigenvalue weighted by Crippen LogP contribution is -2.47. The smallest absolute Gasteiger partial charge is 0.123 e. The summed E-state index contributed by atoms with van der Waals surface area (Å²) in [6.45, 7) is 3.63. The van der Waals surface area contributed by atoms with Gasteiger partial charge in [0.1, 0.15) is 12.4 Å². The molecule has 0 unspecified atom stereocenters. The minimum Gasteiger partial charge on any atom is -0.491 e. The third kappa shape index (κ3) is 3.02. The maximum absolute atomic E-state index is 8.98. The van der Waals surface area contributed by atoms with Gasteiger partial charge in [-0.15, -0.1) is 5.10 Å². The van der Waals surface area contributed by atoms with Crippen molar-refractivity contribution in [3.05, 3.63) is 41.7 Å². The van der Waals surface area contributed by atoms with Crippen molar-refractivity contribution in [2.24, 2.45) is 0 Å². The number of fused-ring (bicyclic) bond motifs is 3. The molecule has 0 aliphatic carbocycles. The molecule has 128 valence electrons. The Hall–Kier alpha value is -1.96. The van der Waals surface area contributed by atoms with Gasteiger partial charge >= 0.3 is 0 Å². The Morgan fingerprint density at radius 1 is 1.33 bits per heavy atom. The molecule has 0 radical (unpaired) electrons. The first-order chi connectivity index (χ1) is 11.8. The van der Waals surface area contributed by atoms with E-state index in [0.717, 1.165) is 43.1 Å². The number of hydrogen-bond acceptors (Lipinski definition) is 6. The van der Waals surface area contributed by atoms with E-state index >= 15 is 0 Å². The molecule has 0 saturated carbocycles. The Kier molecular flexibility index (Phi) is 4.46. The molecule has 0 amide bonds. The number of hydrogen-bond donors (Lipinski definition) is 1. The van der Waals surface area contributed by atoms with E-state index in [2.05, 4.69) is 21.3 Å². The van der Waals surface area contributed by atoms with Crippen LogP contribution < -0.4 is 4.74 Å². The Morgan fingerprint density at radius 3 is 3.17 bits per heavy atom. The Labute approximate surface area is 140 Å². The summed E-state index contributed by atoms with van der Waals surface area (Å²) in [5.41, 5.74) is 2.18. The average molecular weight is 330 g/mol.